The number of anilines is 1. The summed E-state index contributed by atoms with van der Waals surface area (Å²) in [6, 6.07) is 15.7. The second-order valence-electron chi connectivity index (χ2n) is 11.5. The number of amides is 1. The highest BCUT2D eigenvalue weighted by atomic mass is 35.5. The number of ether oxygens (including phenoxy) is 2. The van der Waals surface area contributed by atoms with E-state index in [2.05, 4.69) is 27.1 Å². The van der Waals surface area contributed by atoms with Crippen molar-refractivity contribution in [2.24, 2.45) is 0 Å². The summed E-state index contributed by atoms with van der Waals surface area (Å²) in [7, 11) is 0.708. The molecular formula is C33H36ClN5O6S. The fourth-order valence-corrected chi connectivity index (χ4v) is 7.81. The van der Waals surface area contributed by atoms with Gasteiger partial charge in [-0.25, -0.2) is 17.7 Å². The van der Waals surface area contributed by atoms with E-state index in [1.165, 1.54) is 50.9 Å². The first-order valence-corrected chi connectivity index (χ1v) is 16.7. The van der Waals surface area contributed by atoms with Crippen LogP contribution in [0.3, 0.4) is 0 Å². The molecule has 2 atom stereocenters. The van der Waals surface area contributed by atoms with E-state index in [1.807, 2.05) is 18.2 Å². The Kier molecular flexibility index (Phi) is 8.83. The van der Waals surface area contributed by atoms with E-state index in [0.29, 0.717) is 40.1 Å². The first-order valence-electron chi connectivity index (χ1n) is 14.9. The van der Waals surface area contributed by atoms with Crippen molar-refractivity contribution in [2.75, 3.05) is 51.8 Å². The number of nitrogens with zero attached hydrogens (tertiary/aromatic N) is 4. The minimum atomic E-state index is -4.41. The number of nitrogens with one attached hydrogen (secondary N) is 1. The first-order chi connectivity index (χ1) is 22.1. The summed E-state index contributed by atoms with van der Waals surface area (Å²) in [6.45, 7) is 6.13. The highest BCUT2D eigenvalue weighted by molar-refractivity contribution is 7.93. The normalized spacial score (nSPS) is 19.7. The molecule has 2 aliphatic heterocycles. The maximum absolute atomic E-state index is 15.1. The summed E-state index contributed by atoms with van der Waals surface area (Å²) in [5, 5.41) is 3.77. The Labute approximate surface area is 273 Å². The highest BCUT2D eigenvalue weighted by Gasteiger charge is 2.58. The number of oxazole rings is 1. The van der Waals surface area contributed by atoms with Crippen molar-refractivity contribution in [3.8, 4) is 11.5 Å². The van der Waals surface area contributed by atoms with Crippen LogP contribution in [0.4, 0.5) is 5.69 Å². The van der Waals surface area contributed by atoms with E-state index in [0.717, 1.165) is 36.0 Å². The minimum Gasteiger partial charge on any atom is -0.497 e. The zero-order valence-corrected chi connectivity index (χ0v) is 27.6. The van der Waals surface area contributed by atoms with Crippen LogP contribution >= 0.6 is 11.6 Å². The molecule has 1 unspecified atom stereocenters. The maximum atomic E-state index is 15.1. The lowest BCUT2D eigenvalue weighted by Gasteiger charge is -2.35. The smallest absolute Gasteiger partial charge is 0.270 e. The van der Waals surface area contributed by atoms with Crippen LogP contribution in [0.25, 0.3) is 0 Å². The van der Waals surface area contributed by atoms with Crippen molar-refractivity contribution in [3.05, 3.63) is 101 Å². The van der Waals surface area contributed by atoms with Gasteiger partial charge in [-0.3, -0.25) is 15.0 Å². The van der Waals surface area contributed by atoms with Crippen LogP contribution in [-0.2, 0) is 26.9 Å². The Hall–Kier alpha value is -3.94. The van der Waals surface area contributed by atoms with Crippen molar-refractivity contribution in [3.63, 3.8) is 0 Å². The molecular weight excluding hydrogens is 630 g/mol. The second kappa shape index (κ2) is 12.7. The van der Waals surface area contributed by atoms with Crippen molar-refractivity contribution in [1.82, 2.24) is 20.1 Å². The van der Waals surface area contributed by atoms with Crippen molar-refractivity contribution in [2.45, 2.75) is 29.9 Å². The number of halogens is 1. The van der Waals surface area contributed by atoms with Crippen LogP contribution in [0, 0.1) is 0 Å². The van der Waals surface area contributed by atoms with Crippen LogP contribution in [0.5, 0.6) is 11.5 Å². The zero-order chi connectivity index (χ0) is 32.6. The quantitative estimate of drug-likeness (QED) is 0.261. The van der Waals surface area contributed by atoms with Crippen LogP contribution < -0.4 is 19.1 Å². The molecule has 1 aromatic heterocycles. The number of rotatable bonds is 10. The fourth-order valence-electron chi connectivity index (χ4n) is 6.18. The number of fused-ring (bicyclic) bond motifs is 1. The molecule has 11 nitrogen and oxygen atoms in total. The first kappa shape index (κ1) is 32.0. The summed E-state index contributed by atoms with van der Waals surface area (Å²) < 4.78 is 46.3. The van der Waals surface area contributed by atoms with Gasteiger partial charge in [-0.05, 0) is 74.1 Å². The topological polar surface area (TPSA) is 117 Å². The van der Waals surface area contributed by atoms with E-state index >= 15 is 4.79 Å². The number of sulfonamides is 1. The summed E-state index contributed by atoms with van der Waals surface area (Å²) in [6.07, 6.45) is 2.96. The molecule has 0 aliphatic carbocycles. The van der Waals surface area contributed by atoms with Crippen LogP contribution in [-0.4, -0.2) is 76.6 Å². The monoisotopic (exact) mass is 665 g/mol. The Morgan fingerprint density at radius 3 is 2.39 bits per heavy atom. The molecule has 2 aliphatic rings. The lowest BCUT2D eigenvalue weighted by Crippen LogP contribution is -2.53. The summed E-state index contributed by atoms with van der Waals surface area (Å²) in [4.78, 5) is 24.0. The summed E-state index contributed by atoms with van der Waals surface area (Å²) >= 11 is 6.59. The van der Waals surface area contributed by atoms with Gasteiger partial charge in [-0.2, -0.15) is 0 Å². The third kappa shape index (κ3) is 5.64. The standard InChI is InChI=1S/C33H36ClN5O6S/c1-22(31-35-13-18-45-31)36-33(28-19-23(5-12-30(28)44-4)21-38-16-14-37(2)15-17-38)27-20-24(34)6-11-29(27)39(32(33)40)46(41,42)26-9-7-25(43-3)8-10-26/h5-13,18-20,22,36H,14-17,21H2,1-4H3/t22-,33?/m0/s1. The maximum Gasteiger partial charge on any atom is 0.270 e. The van der Waals surface area contributed by atoms with Crippen molar-refractivity contribution >= 4 is 33.2 Å². The number of benzene rings is 3. The molecule has 0 saturated carbocycles. The lowest BCUT2D eigenvalue weighted by molar-refractivity contribution is -0.122. The van der Waals surface area contributed by atoms with Crippen molar-refractivity contribution in [1.29, 1.82) is 0 Å². The highest BCUT2D eigenvalue weighted by Crippen LogP contribution is 2.51. The number of piperazine rings is 1. The number of methoxy groups -OCH3 is 2. The average Bonchev–Trinajstić information content (AvgIpc) is 3.68. The van der Waals surface area contributed by atoms with Gasteiger partial charge < -0.3 is 18.8 Å². The number of carbonyl (C=O) groups excluding carboxylic acids is 1. The van der Waals surface area contributed by atoms with Crippen LogP contribution in [0.15, 0.2) is 82.4 Å². The van der Waals surface area contributed by atoms with E-state index in [-0.39, 0.29) is 10.6 Å². The van der Waals surface area contributed by atoms with Crippen LogP contribution in [0.1, 0.15) is 35.5 Å². The van der Waals surface area contributed by atoms with Gasteiger partial charge in [0, 0.05) is 48.9 Å². The third-order valence-corrected chi connectivity index (χ3v) is 10.6. The molecule has 1 fully saturated rings. The molecule has 13 heteroatoms. The number of aromatic nitrogens is 1. The van der Waals surface area contributed by atoms with Gasteiger partial charge in [0.25, 0.3) is 15.9 Å². The number of hydrogen-bond acceptors (Lipinski definition) is 10. The van der Waals surface area contributed by atoms with Gasteiger partial charge in [0.1, 0.15) is 17.8 Å². The molecule has 46 heavy (non-hydrogen) atoms. The van der Waals surface area contributed by atoms with E-state index < -0.39 is 27.5 Å². The van der Waals surface area contributed by atoms with E-state index in [1.54, 1.807) is 25.1 Å². The second-order valence-corrected chi connectivity index (χ2v) is 13.7. The summed E-state index contributed by atoms with van der Waals surface area (Å²) in [5.41, 5.74) is 0.149. The predicted octanol–water partition coefficient (Wildman–Crippen LogP) is 4.42. The Bertz CT molecular complexity index is 1830. The average molecular weight is 666 g/mol. The van der Waals surface area contributed by atoms with Gasteiger partial charge in [-0.15, -0.1) is 0 Å². The van der Waals surface area contributed by atoms with Crippen LogP contribution in [0.2, 0.25) is 5.02 Å². The van der Waals surface area contributed by atoms with Gasteiger partial charge >= 0.3 is 0 Å². The van der Waals surface area contributed by atoms with Gasteiger partial charge in [0.2, 0.25) is 5.89 Å². The molecule has 0 spiro atoms. The van der Waals surface area contributed by atoms with Gasteiger partial charge in [-0.1, -0.05) is 17.7 Å². The van der Waals surface area contributed by atoms with E-state index in [9.17, 15) is 8.42 Å². The lowest BCUT2D eigenvalue weighted by atomic mass is 9.81. The van der Waals surface area contributed by atoms with Crippen molar-refractivity contribution < 1.29 is 27.1 Å². The molecule has 242 valence electrons. The summed E-state index contributed by atoms with van der Waals surface area (Å²) in [5.74, 6) is 0.461. The van der Waals surface area contributed by atoms with E-state index in [4.69, 9.17) is 25.5 Å². The predicted molar refractivity (Wildman–Crippen MR) is 174 cm³/mol. The Morgan fingerprint density at radius 2 is 1.74 bits per heavy atom. The molecule has 0 radical (unpaired) electrons. The molecule has 3 aromatic carbocycles. The molecule has 4 aromatic rings. The van der Waals surface area contributed by atoms with Gasteiger partial charge in [0.15, 0.2) is 5.54 Å². The molecule has 6 rings (SSSR count). The zero-order valence-electron chi connectivity index (χ0n) is 26.1. The number of likely N-dealkylation sites (N-methyl/N-ethyl adjacent to an activating group) is 1. The molecule has 1 amide bonds. The number of carbonyl (C=O) groups is 1. The Morgan fingerprint density at radius 1 is 1.00 bits per heavy atom. The third-order valence-electron chi connectivity index (χ3n) is 8.61. The molecule has 0 bridgehead atoms. The van der Waals surface area contributed by atoms with Gasteiger partial charge in [0.05, 0.1) is 37.0 Å². The molecule has 1 N–H and O–H groups in total. The largest absolute Gasteiger partial charge is 0.497 e. The number of hydrogen-bond donors (Lipinski definition) is 1. The molecule has 3 heterocycles. The Balaban J connectivity index is 1.55. The SMILES string of the molecule is COc1ccc(S(=O)(=O)N2C(=O)C(N[C@@H](C)c3ncco3)(c3cc(CN4CCN(C)CC4)ccc3OC)c3cc(Cl)ccc32)cc1. The molecule has 1 saturated heterocycles. The fraction of sp³-hybridized carbons (Fsp3) is 0.333. The minimum absolute atomic E-state index is 0.0742.